The number of aliphatic hydroxyl groups is 1. The van der Waals surface area contributed by atoms with Gasteiger partial charge in [-0.15, -0.1) is 0 Å². The quantitative estimate of drug-likeness (QED) is 0.700. The molecule has 0 spiro atoms. The van der Waals surface area contributed by atoms with E-state index in [2.05, 4.69) is 5.32 Å². The van der Waals surface area contributed by atoms with E-state index >= 15 is 0 Å². The van der Waals surface area contributed by atoms with Gasteiger partial charge < -0.3 is 25.5 Å². The van der Waals surface area contributed by atoms with Crippen molar-refractivity contribution in [3.8, 4) is 5.75 Å². The summed E-state index contributed by atoms with van der Waals surface area (Å²) >= 11 is 0. The first-order chi connectivity index (χ1) is 9.54. The molecule has 1 aromatic rings. The van der Waals surface area contributed by atoms with Gasteiger partial charge in [0, 0.05) is 24.2 Å². The molecule has 2 rings (SSSR count). The maximum absolute atomic E-state index is 11.8. The molecule has 1 saturated heterocycles. The molecular weight excluding hydrogens is 258 g/mol. The number of carbonyl (C=O) groups excluding carboxylic acids is 1. The van der Waals surface area contributed by atoms with Crippen molar-refractivity contribution in [1.82, 2.24) is 9.88 Å². The van der Waals surface area contributed by atoms with Crippen molar-refractivity contribution >= 4 is 5.91 Å². The molecule has 0 bridgehead atoms. The van der Waals surface area contributed by atoms with Crippen molar-refractivity contribution in [2.75, 3.05) is 13.1 Å². The Balaban J connectivity index is 2.37. The third kappa shape index (κ3) is 2.96. The number of carbonyl (C=O) groups is 1. The van der Waals surface area contributed by atoms with E-state index < -0.39 is 12.2 Å². The molecule has 0 aromatic carbocycles. The van der Waals surface area contributed by atoms with E-state index in [1.807, 2.05) is 18.4 Å². The number of piperidine rings is 1. The third-order valence-electron chi connectivity index (χ3n) is 3.71. The maximum atomic E-state index is 11.8. The molecule has 4 N–H and O–H groups in total. The first-order valence-corrected chi connectivity index (χ1v) is 7.11. The fourth-order valence-electron chi connectivity index (χ4n) is 2.72. The molecule has 1 aromatic heterocycles. The summed E-state index contributed by atoms with van der Waals surface area (Å²) < 4.78 is 7.39. The Bertz CT molecular complexity index is 478. The molecule has 6 heteroatoms. The van der Waals surface area contributed by atoms with Crippen LogP contribution in [-0.2, 0) is 0 Å². The average molecular weight is 281 g/mol. The van der Waals surface area contributed by atoms with Crippen LogP contribution in [0.5, 0.6) is 5.75 Å². The lowest BCUT2D eigenvalue weighted by molar-refractivity contribution is -0.0196. The molecule has 1 unspecified atom stereocenters. The average Bonchev–Trinajstić information content (AvgIpc) is 2.76. The lowest BCUT2D eigenvalue weighted by Gasteiger charge is -2.27. The van der Waals surface area contributed by atoms with E-state index in [4.69, 9.17) is 10.5 Å². The highest BCUT2D eigenvalue weighted by Gasteiger charge is 2.26. The fourth-order valence-corrected chi connectivity index (χ4v) is 2.72. The van der Waals surface area contributed by atoms with E-state index in [0.717, 1.165) is 31.6 Å². The third-order valence-corrected chi connectivity index (χ3v) is 3.71. The highest BCUT2D eigenvalue weighted by atomic mass is 16.6. The summed E-state index contributed by atoms with van der Waals surface area (Å²) in [7, 11) is 0. The minimum Gasteiger partial charge on any atom is -0.463 e. The summed E-state index contributed by atoms with van der Waals surface area (Å²) in [6.07, 6.45) is 1.43. The number of nitrogens with two attached hydrogens (primary N) is 1. The van der Waals surface area contributed by atoms with Gasteiger partial charge in [-0.05, 0) is 32.9 Å². The predicted molar refractivity (Wildman–Crippen MR) is 75.8 cm³/mol. The van der Waals surface area contributed by atoms with Crippen molar-refractivity contribution in [1.29, 1.82) is 0 Å². The summed E-state index contributed by atoms with van der Waals surface area (Å²) in [5.41, 5.74) is 6.81. The van der Waals surface area contributed by atoms with Crippen molar-refractivity contribution in [3.05, 3.63) is 17.5 Å². The van der Waals surface area contributed by atoms with Crippen LogP contribution in [0, 0.1) is 6.92 Å². The van der Waals surface area contributed by atoms with Crippen LogP contribution in [0.1, 0.15) is 48.4 Å². The van der Waals surface area contributed by atoms with Crippen LogP contribution in [-0.4, -0.2) is 35.0 Å². The second-order valence-electron chi connectivity index (χ2n) is 5.19. The van der Waals surface area contributed by atoms with Gasteiger partial charge in [-0.2, -0.15) is 0 Å². The number of primary amides is 1. The summed E-state index contributed by atoms with van der Waals surface area (Å²) in [5, 5.41) is 12.9. The molecular formula is C14H23N3O3. The summed E-state index contributed by atoms with van der Waals surface area (Å²) in [6, 6.07) is 2.02. The van der Waals surface area contributed by atoms with E-state index in [1.54, 1.807) is 6.07 Å². The summed E-state index contributed by atoms with van der Waals surface area (Å²) in [4.78, 5) is 11.8. The van der Waals surface area contributed by atoms with Crippen LogP contribution in [0.15, 0.2) is 6.07 Å². The lowest BCUT2D eigenvalue weighted by atomic mass is 10.1. The summed E-state index contributed by atoms with van der Waals surface area (Å²) in [5.74, 6) is -0.141. The molecule has 0 radical (unpaired) electrons. The number of nitrogens with zero attached hydrogens (tertiary/aromatic N) is 1. The van der Waals surface area contributed by atoms with Gasteiger partial charge in [0.15, 0.2) is 12.0 Å². The molecule has 0 saturated carbocycles. The Morgan fingerprint density at radius 3 is 2.80 bits per heavy atom. The van der Waals surface area contributed by atoms with E-state index in [9.17, 15) is 9.90 Å². The minimum absolute atomic E-state index is 0.245. The van der Waals surface area contributed by atoms with Gasteiger partial charge >= 0.3 is 0 Å². The molecule has 0 aliphatic carbocycles. The second-order valence-corrected chi connectivity index (χ2v) is 5.19. The number of aromatic nitrogens is 1. The van der Waals surface area contributed by atoms with Crippen LogP contribution < -0.4 is 15.8 Å². The standard InChI is InChI=1S/C14H23N3O3/c1-3-12(18)20-11-8-9(2)17(13(11)14(15)19)10-4-6-16-7-5-10/h8,10,12,16,18H,3-7H2,1-2H3,(H2,15,19). The highest BCUT2D eigenvalue weighted by Crippen LogP contribution is 2.31. The van der Waals surface area contributed by atoms with Crippen LogP contribution in [0.2, 0.25) is 0 Å². The molecule has 1 amide bonds. The Morgan fingerprint density at radius 1 is 1.60 bits per heavy atom. The van der Waals surface area contributed by atoms with Crippen LogP contribution >= 0.6 is 0 Å². The normalized spacial score (nSPS) is 17.9. The Kier molecular flexibility index (Phi) is 4.67. The molecule has 20 heavy (non-hydrogen) atoms. The monoisotopic (exact) mass is 281 g/mol. The van der Waals surface area contributed by atoms with Crippen LogP contribution in [0.3, 0.4) is 0 Å². The van der Waals surface area contributed by atoms with E-state index in [0.29, 0.717) is 17.9 Å². The molecule has 1 aliphatic heterocycles. The number of hydrogen-bond donors (Lipinski definition) is 3. The van der Waals surface area contributed by atoms with Crippen molar-refractivity contribution < 1.29 is 14.6 Å². The van der Waals surface area contributed by atoms with Gasteiger partial charge in [0.1, 0.15) is 5.69 Å². The Morgan fingerprint density at radius 2 is 2.25 bits per heavy atom. The number of nitrogens with one attached hydrogen (secondary N) is 1. The maximum Gasteiger partial charge on any atom is 0.269 e. The molecule has 2 heterocycles. The molecule has 1 aliphatic rings. The van der Waals surface area contributed by atoms with Crippen molar-refractivity contribution in [3.63, 3.8) is 0 Å². The van der Waals surface area contributed by atoms with Gasteiger partial charge in [-0.1, -0.05) is 6.92 Å². The number of amides is 1. The van der Waals surface area contributed by atoms with Gasteiger partial charge in [-0.3, -0.25) is 4.79 Å². The zero-order chi connectivity index (χ0) is 14.7. The smallest absolute Gasteiger partial charge is 0.269 e. The van der Waals surface area contributed by atoms with Gasteiger partial charge in [-0.25, -0.2) is 0 Å². The molecule has 112 valence electrons. The molecule has 1 fully saturated rings. The number of aryl methyl sites for hydroxylation is 1. The minimum atomic E-state index is -0.920. The molecule has 1 atom stereocenters. The zero-order valence-electron chi connectivity index (χ0n) is 12.1. The first-order valence-electron chi connectivity index (χ1n) is 7.11. The Labute approximate surface area is 118 Å². The first kappa shape index (κ1) is 14.9. The Hall–Kier alpha value is -1.53. The van der Waals surface area contributed by atoms with Crippen molar-refractivity contribution in [2.45, 2.75) is 45.4 Å². The topological polar surface area (TPSA) is 89.5 Å². The summed E-state index contributed by atoms with van der Waals surface area (Å²) in [6.45, 7) is 5.59. The van der Waals surface area contributed by atoms with E-state index in [-0.39, 0.29) is 6.04 Å². The van der Waals surface area contributed by atoms with Crippen LogP contribution in [0.4, 0.5) is 0 Å². The van der Waals surface area contributed by atoms with Gasteiger partial charge in [0.2, 0.25) is 0 Å². The van der Waals surface area contributed by atoms with E-state index in [1.165, 1.54) is 0 Å². The second kappa shape index (κ2) is 6.28. The zero-order valence-corrected chi connectivity index (χ0v) is 12.1. The number of hydrogen-bond acceptors (Lipinski definition) is 4. The van der Waals surface area contributed by atoms with Crippen LogP contribution in [0.25, 0.3) is 0 Å². The lowest BCUT2D eigenvalue weighted by Crippen LogP contribution is -2.32. The SMILES string of the molecule is CCC(O)Oc1cc(C)n(C2CCNCC2)c1C(N)=O. The van der Waals surface area contributed by atoms with Gasteiger partial charge in [0.05, 0.1) is 0 Å². The van der Waals surface area contributed by atoms with Crippen molar-refractivity contribution in [2.24, 2.45) is 5.73 Å². The molecule has 6 nitrogen and oxygen atoms in total. The highest BCUT2D eigenvalue weighted by molar-refractivity contribution is 5.94. The fraction of sp³-hybridized carbons (Fsp3) is 0.643. The number of aliphatic hydroxyl groups excluding tert-OH is 1. The largest absolute Gasteiger partial charge is 0.463 e. The number of ether oxygens (including phenoxy) is 1. The number of rotatable bonds is 5. The predicted octanol–water partition coefficient (Wildman–Crippen LogP) is 0.927. The van der Waals surface area contributed by atoms with Gasteiger partial charge in [0.25, 0.3) is 5.91 Å².